The highest BCUT2D eigenvalue weighted by Crippen LogP contribution is 2.38. The first-order valence-electron chi connectivity index (χ1n) is 4.16. The van der Waals surface area contributed by atoms with Crippen LogP contribution in [0.25, 0.3) is 0 Å². The molecule has 0 rings (SSSR count). The van der Waals surface area contributed by atoms with Gasteiger partial charge in [0.05, 0.1) is 0 Å². The maximum atomic E-state index is 12.6. The monoisotopic (exact) mass is 222 g/mol. The van der Waals surface area contributed by atoms with Crippen LogP contribution in [-0.4, -0.2) is 18.3 Å². The van der Waals surface area contributed by atoms with Crippen LogP contribution >= 0.6 is 0 Å². The van der Waals surface area contributed by atoms with Gasteiger partial charge in [0.25, 0.3) is 12.1 Å². The summed E-state index contributed by atoms with van der Waals surface area (Å²) >= 11 is 0. The molecule has 0 N–H and O–H groups in total. The van der Waals surface area contributed by atoms with Crippen LogP contribution in [0, 0.1) is 5.92 Å². The zero-order valence-corrected chi connectivity index (χ0v) is 7.84. The maximum absolute atomic E-state index is 12.6. The largest absolute Gasteiger partial charge is 0.425 e. The molecule has 0 bridgehead atoms. The lowest BCUT2D eigenvalue weighted by Crippen LogP contribution is -2.41. The summed E-state index contributed by atoms with van der Waals surface area (Å²) in [6.45, 7) is 3.16. The fraction of sp³-hybridized carbons (Fsp3) is 1.00. The average Bonchev–Trinajstić information content (AvgIpc) is 1.98. The van der Waals surface area contributed by atoms with E-state index in [1.807, 2.05) is 0 Å². The molecule has 14 heavy (non-hydrogen) atoms. The highest BCUT2D eigenvalue weighted by molar-refractivity contribution is 4.82. The van der Waals surface area contributed by atoms with Gasteiger partial charge in [-0.15, -0.1) is 0 Å². The molecule has 0 aliphatic rings. The Morgan fingerprint density at radius 3 is 1.71 bits per heavy atom. The fourth-order valence-corrected chi connectivity index (χ4v) is 0.847. The third-order valence-corrected chi connectivity index (χ3v) is 1.71. The van der Waals surface area contributed by atoms with E-state index in [1.54, 1.807) is 13.8 Å². The van der Waals surface area contributed by atoms with Crippen molar-refractivity contribution in [3.8, 4) is 0 Å². The van der Waals surface area contributed by atoms with E-state index in [-0.39, 0.29) is 12.3 Å². The lowest BCUT2D eigenvalue weighted by Gasteiger charge is -2.23. The molecule has 6 heteroatoms. The summed E-state index contributed by atoms with van der Waals surface area (Å²) in [7, 11) is 0. The first-order valence-corrected chi connectivity index (χ1v) is 4.16. The lowest BCUT2D eigenvalue weighted by molar-refractivity contribution is -0.246. The van der Waals surface area contributed by atoms with Crippen molar-refractivity contribution in [3.63, 3.8) is 0 Å². The first-order chi connectivity index (χ1) is 6.07. The molecule has 86 valence electrons. The van der Waals surface area contributed by atoms with Gasteiger partial charge < -0.3 is 0 Å². The Morgan fingerprint density at radius 2 is 1.43 bits per heavy atom. The van der Waals surface area contributed by atoms with E-state index in [0.29, 0.717) is 0 Å². The van der Waals surface area contributed by atoms with Crippen molar-refractivity contribution < 1.29 is 26.3 Å². The summed E-state index contributed by atoms with van der Waals surface area (Å²) in [6.07, 6.45) is -10.8. The molecule has 0 amide bonds. The predicted octanol–water partition coefficient (Wildman–Crippen LogP) is 3.96. The van der Waals surface area contributed by atoms with Gasteiger partial charge in [-0.25, -0.2) is 13.2 Å². The molecule has 0 heterocycles. The molecule has 0 aliphatic carbocycles. The van der Waals surface area contributed by atoms with E-state index < -0.39 is 24.7 Å². The van der Waals surface area contributed by atoms with Crippen LogP contribution < -0.4 is 0 Å². The number of alkyl halides is 6. The molecule has 0 fully saturated rings. The van der Waals surface area contributed by atoms with Gasteiger partial charge in [-0.1, -0.05) is 13.8 Å². The van der Waals surface area contributed by atoms with Gasteiger partial charge in [-0.2, -0.15) is 13.2 Å². The van der Waals surface area contributed by atoms with Crippen LogP contribution in [0.2, 0.25) is 0 Å². The third kappa shape index (κ3) is 4.19. The van der Waals surface area contributed by atoms with Crippen molar-refractivity contribution in [1.82, 2.24) is 0 Å². The van der Waals surface area contributed by atoms with Crippen molar-refractivity contribution >= 4 is 0 Å². The second-order valence-corrected chi connectivity index (χ2v) is 3.60. The van der Waals surface area contributed by atoms with Gasteiger partial charge in [0.2, 0.25) is 0 Å². The Labute approximate surface area is 78.3 Å². The summed E-state index contributed by atoms with van der Waals surface area (Å²) in [5.74, 6) is -4.50. The van der Waals surface area contributed by atoms with E-state index in [9.17, 15) is 26.3 Å². The third-order valence-electron chi connectivity index (χ3n) is 1.71. The summed E-state index contributed by atoms with van der Waals surface area (Å²) in [6, 6.07) is 0. The Kier molecular flexibility index (Phi) is 4.27. The van der Waals surface area contributed by atoms with Crippen molar-refractivity contribution in [2.45, 2.75) is 45.0 Å². The number of hydrogen-bond acceptors (Lipinski definition) is 0. The molecule has 0 radical (unpaired) electrons. The molecule has 0 aromatic rings. The quantitative estimate of drug-likeness (QED) is 0.631. The van der Waals surface area contributed by atoms with Gasteiger partial charge in [-0.3, -0.25) is 0 Å². The second kappa shape index (κ2) is 4.40. The minimum absolute atomic E-state index is 0.135. The smallest absolute Gasteiger partial charge is 0.231 e. The van der Waals surface area contributed by atoms with Crippen LogP contribution in [0.4, 0.5) is 26.3 Å². The summed E-state index contributed by atoms with van der Waals surface area (Å²) in [5.41, 5.74) is 0. The molecule has 0 aliphatic heterocycles. The van der Waals surface area contributed by atoms with E-state index >= 15 is 0 Å². The highest BCUT2D eigenvalue weighted by Gasteiger charge is 2.56. The lowest BCUT2D eigenvalue weighted by atomic mass is 10.0. The van der Waals surface area contributed by atoms with E-state index in [2.05, 4.69) is 0 Å². The molecule has 0 aromatic heterocycles. The molecular weight excluding hydrogens is 210 g/mol. The first kappa shape index (κ1) is 13.6. The minimum atomic E-state index is -5.49. The van der Waals surface area contributed by atoms with E-state index in [4.69, 9.17) is 0 Å². The van der Waals surface area contributed by atoms with Crippen molar-refractivity contribution in [2.75, 3.05) is 0 Å². The molecule has 0 saturated carbocycles. The van der Waals surface area contributed by atoms with Crippen LogP contribution in [-0.2, 0) is 0 Å². The summed E-state index contributed by atoms with van der Waals surface area (Å²) in [4.78, 5) is 0. The fourth-order valence-electron chi connectivity index (χ4n) is 0.847. The SMILES string of the molecule is CC(C)CCC(F)(F)C(F)C(F)(F)F. The predicted molar refractivity (Wildman–Crippen MR) is 40.0 cm³/mol. The minimum Gasteiger partial charge on any atom is -0.231 e. The molecule has 0 spiro atoms. The molecule has 0 nitrogen and oxygen atoms in total. The maximum Gasteiger partial charge on any atom is 0.425 e. The molecular formula is C8H12F6. The van der Waals surface area contributed by atoms with Gasteiger partial charge in [-0.05, 0) is 12.3 Å². The van der Waals surface area contributed by atoms with Crippen molar-refractivity contribution in [3.05, 3.63) is 0 Å². The van der Waals surface area contributed by atoms with Gasteiger partial charge in [0, 0.05) is 6.42 Å². The number of rotatable bonds is 4. The Morgan fingerprint density at radius 1 is 1.00 bits per heavy atom. The zero-order chi connectivity index (χ0) is 11.6. The zero-order valence-electron chi connectivity index (χ0n) is 7.84. The van der Waals surface area contributed by atoms with Crippen molar-refractivity contribution in [2.24, 2.45) is 5.92 Å². The standard InChI is InChI=1S/C8H12F6/c1-5(2)3-4-7(10,11)6(9)8(12,13)14/h5-6H,3-4H2,1-2H3. The number of hydrogen-bond donors (Lipinski definition) is 0. The van der Waals surface area contributed by atoms with Crippen LogP contribution in [0.3, 0.4) is 0 Å². The summed E-state index contributed by atoms with van der Waals surface area (Å²) in [5, 5.41) is 0. The normalized spacial score (nSPS) is 16.1. The van der Waals surface area contributed by atoms with Crippen molar-refractivity contribution in [1.29, 1.82) is 0 Å². The highest BCUT2D eigenvalue weighted by atomic mass is 19.4. The van der Waals surface area contributed by atoms with Crippen LogP contribution in [0.1, 0.15) is 26.7 Å². The average molecular weight is 222 g/mol. The second-order valence-electron chi connectivity index (χ2n) is 3.60. The molecule has 1 unspecified atom stereocenters. The van der Waals surface area contributed by atoms with Gasteiger partial charge >= 0.3 is 6.18 Å². The number of halogens is 6. The van der Waals surface area contributed by atoms with Crippen LogP contribution in [0.15, 0.2) is 0 Å². The molecule has 1 atom stereocenters. The Bertz CT molecular complexity index is 171. The Balaban J connectivity index is 4.31. The van der Waals surface area contributed by atoms with E-state index in [0.717, 1.165) is 0 Å². The van der Waals surface area contributed by atoms with Gasteiger partial charge in [0.15, 0.2) is 0 Å². The topological polar surface area (TPSA) is 0 Å². The van der Waals surface area contributed by atoms with Gasteiger partial charge in [0.1, 0.15) is 0 Å². The van der Waals surface area contributed by atoms with E-state index in [1.165, 1.54) is 0 Å². The molecule has 0 aromatic carbocycles. The summed E-state index contributed by atoms with van der Waals surface area (Å²) < 4.78 is 72.3. The Hall–Kier alpha value is -0.420. The molecule has 0 saturated heterocycles. The van der Waals surface area contributed by atoms with Crippen LogP contribution in [0.5, 0.6) is 0 Å².